The predicted molar refractivity (Wildman–Crippen MR) is 157 cm³/mol. The molecule has 1 aromatic carbocycles. The number of hydrogen-bond acceptors (Lipinski definition) is 7. The maximum Gasteiger partial charge on any atom is 0.158 e. The second-order valence-corrected chi connectivity index (χ2v) is 10.9. The summed E-state index contributed by atoms with van der Waals surface area (Å²) in [7, 11) is 0. The van der Waals surface area contributed by atoms with Crippen LogP contribution in [0.25, 0.3) is 11.2 Å². The summed E-state index contributed by atoms with van der Waals surface area (Å²) in [6.07, 6.45) is 17.1. The van der Waals surface area contributed by atoms with Crippen molar-refractivity contribution < 1.29 is 4.74 Å². The van der Waals surface area contributed by atoms with Gasteiger partial charge in [0.05, 0.1) is 0 Å². The van der Waals surface area contributed by atoms with Crippen LogP contribution in [0.3, 0.4) is 0 Å². The lowest BCUT2D eigenvalue weighted by molar-refractivity contribution is 0.372. The number of aromatic nitrogens is 6. The van der Waals surface area contributed by atoms with Gasteiger partial charge >= 0.3 is 0 Å². The smallest absolute Gasteiger partial charge is 0.158 e. The maximum absolute atomic E-state index is 6.36. The molecule has 0 bridgehead atoms. The summed E-state index contributed by atoms with van der Waals surface area (Å²) in [5.74, 6) is 3.44. The lowest BCUT2D eigenvalue weighted by Gasteiger charge is -2.20. The van der Waals surface area contributed by atoms with Crippen molar-refractivity contribution in [1.82, 2.24) is 29.2 Å². The fraction of sp³-hybridized carbons (Fsp3) is 0.355. The molecule has 2 unspecified atom stereocenters. The number of ether oxygens (including phenoxy) is 1. The molecule has 3 atom stereocenters. The molecule has 0 radical (unpaired) electrons. The zero-order valence-corrected chi connectivity index (χ0v) is 22.9. The molecule has 4 aromatic heterocycles. The van der Waals surface area contributed by atoms with Crippen LogP contribution in [-0.2, 0) is 6.42 Å². The molecular formula is C31H36N8O. The van der Waals surface area contributed by atoms with E-state index in [1.165, 1.54) is 31.2 Å². The molecule has 0 spiro atoms. The molecule has 1 aliphatic rings. The quantitative estimate of drug-likeness (QED) is 0.169. The zero-order chi connectivity index (χ0) is 27.5. The Bertz CT molecular complexity index is 1620. The van der Waals surface area contributed by atoms with Crippen LogP contribution in [0.2, 0.25) is 0 Å². The van der Waals surface area contributed by atoms with Gasteiger partial charge in [-0.3, -0.25) is 0 Å². The van der Waals surface area contributed by atoms with Crippen LogP contribution in [0.1, 0.15) is 49.7 Å². The fourth-order valence-electron chi connectivity index (χ4n) is 5.93. The van der Waals surface area contributed by atoms with Crippen molar-refractivity contribution in [3.05, 3.63) is 85.2 Å². The first-order chi connectivity index (χ1) is 19.6. The number of benzene rings is 1. The summed E-state index contributed by atoms with van der Waals surface area (Å²) in [6.45, 7) is 6.06. The van der Waals surface area contributed by atoms with Crippen LogP contribution >= 0.6 is 0 Å². The van der Waals surface area contributed by atoms with E-state index in [0.29, 0.717) is 17.6 Å². The van der Waals surface area contributed by atoms with Gasteiger partial charge in [-0.2, -0.15) is 10.2 Å². The minimum Gasteiger partial charge on any atom is -0.457 e. The lowest BCUT2D eigenvalue weighted by atomic mass is 9.87. The number of nitrogens with two attached hydrogens (primary N) is 1. The average Bonchev–Trinajstić information content (AvgIpc) is 3.55. The Morgan fingerprint density at radius 1 is 1.07 bits per heavy atom. The highest BCUT2D eigenvalue weighted by molar-refractivity contribution is 5.76. The van der Waals surface area contributed by atoms with E-state index < -0.39 is 0 Å². The van der Waals surface area contributed by atoms with Crippen molar-refractivity contribution in [3.63, 3.8) is 0 Å². The largest absolute Gasteiger partial charge is 0.457 e. The molecule has 6 rings (SSSR count). The van der Waals surface area contributed by atoms with Gasteiger partial charge < -0.3 is 15.8 Å². The van der Waals surface area contributed by atoms with Gasteiger partial charge in [0, 0.05) is 30.2 Å². The molecule has 40 heavy (non-hydrogen) atoms. The highest BCUT2D eigenvalue weighted by Gasteiger charge is 2.23. The summed E-state index contributed by atoms with van der Waals surface area (Å²) in [5.41, 5.74) is 11.3. The number of nitrogens with one attached hydrogen (secondary N) is 1. The van der Waals surface area contributed by atoms with Crippen molar-refractivity contribution in [2.24, 2.45) is 17.6 Å². The van der Waals surface area contributed by atoms with Gasteiger partial charge in [0.2, 0.25) is 0 Å². The van der Waals surface area contributed by atoms with E-state index >= 15 is 0 Å². The van der Waals surface area contributed by atoms with Crippen molar-refractivity contribution in [1.29, 1.82) is 0 Å². The number of anilines is 2. The third-order valence-corrected chi connectivity index (χ3v) is 8.12. The minimum atomic E-state index is 0.261. The zero-order valence-electron chi connectivity index (χ0n) is 22.9. The summed E-state index contributed by atoms with van der Waals surface area (Å²) in [5, 5.41) is 12.1. The molecule has 1 saturated carbocycles. The Kier molecular flexibility index (Phi) is 7.46. The molecule has 0 saturated heterocycles. The van der Waals surface area contributed by atoms with E-state index in [2.05, 4.69) is 50.3 Å². The third-order valence-electron chi connectivity index (χ3n) is 8.12. The molecule has 5 aromatic rings. The maximum atomic E-state index is 6.36. The summed E-state index contributed by atoms with van der Waals surface area (Å²) >= 11 is 0. The number of nitrogens with zero attached hydrogens (tertiary/aromatic N) is 6. The van der Waals surface area contributed by atoms with E-state index in [0.717, 1.165) is 59.7 Å². The second-order valence-electron chi connectivity index (χ2n) is 10.9. The first kappa shape index (κ1) is 26.0. The second kappa shape index (κ2) is 11.5. The van der Waals surface area contributed by atoms with Crippen molar-refractivity contribution >= 4 is 22.7 Å². The number of pyridine rings is 1. The predicted octanol–water partition coefficient (Wildman–Crippen LogP) is 6.26. The van der Waals surface area contributed by atoms with Crippen LogP contribution < -0.4 is 15.8 Å². The topological polar surface area (TPSA) is 108 Å². The molecule has 0 amide bonds. The van der Waals surface area contributed by atoms with Gasteiger partial charge in [-0.1, -0.05) is 25.3 Å². The molecule has 206 valence electrons. The van der Waals surface area contributed by atoms with Crippen LogP contribution in [0.5, 0.6) is 11.5 Å². The normalized spacial score (nSPS) is 19.5. The van der Waals surface area contributed by atoms with Gasteiger partial charge in [-0.05, 0) is 85.9 Å². The van der Waals surface area contributed by atoms with Crippen LogP contribution in [0, 0.1) is 18.8 Å². The summed E-state index contributed by atoms with van der Waals surface area (Å²) in [4.78, 5) is 8.83. The van der Waals surface area contributed by atoms with Gasteiger partial charge in [0.1, 0.15) is 29.7 Å². The molecule has 0 aliphatic heterocycles. The van der Waals surface area contributed by atoms with Gasteiger partial charge in [0.15, 0.2) is 11.5 Å². The Labute approximate surface area is 234 Å². The van der Waals surface area contributed by atoms with Crippen LogP contribution in [0.4, 0.5) is 11.5 Å². The number of rotatable bonds is 9. The average molecular weight is 537 g/mol. The SMILES string of the molecule is C=CC1CC(CCCc2ccn3ncnc(Nc4ccc(Oc5ccn6ncnc6c5)c(C)c4)c23)CCC[C@H]1N. The van der Waals surface area contributed by atoms with Crippen LogP contribution in [0.15, 0.2) is 74.1 Å². The van der Waals surface area contributed by atoms with E-state index in [1.807, 2.05) is 48.1 Å². The van der Waals surface area contributed by atoms with Crippen molar-refractivity contribution in [3.8, 4) is 11.5 Å². The Morgan fingerprint density at radius 3 is 2.80 bits per heavy atom. The monoisotopic (exact) mass is 536 g/mol. The Morgan fingerprint density at radius 2 is 1.93 bits per heavy atom. The molecule has 9 heteroatoms. The minimum absolute atomic E-state index is 0.261. The number of fused-ring (bicyclic) bond motifs is 2. The standard InChI is InChI=1S/C31H36N8O/c1-3-23-17-22(7-5-9-27(23)32)6-4-8-24-12-14-39-30(24)31(34-20-36-39)37-25-10-11-28(21(2)16-25)40-26-13-15-38-29(18-26)33-19-35-38/h3,10-16,18-20,22-23,27H,1,4-9,17,32H2,2H3,(H,34,36,37)/t22?,23?,27-/m1/s1. The fourth-order valence-corrected chi connectivity index (χ4v) is 5.93. The van der Waals surface area contributed by atoms with Crippen molar-refractivity contribution in [2.45, 2.75) is 57.9 Å². The molecule has 3 N–H and O–H groups in total. The van der Waals surface area contributed by atoms with Gasteiger partial charge in [-0.15, -0.1) is 6.58 Å². The van der Waals surface area contributed by atoms with Gasteiger partial charge in [0.25, 0.3) is 0 Å². The molecule has 9 nitrogen and oxygen atoms in total. The molecule has 4 heterocycles. The molecule has 1 aliphatic carbocycles. The highest BCUT2D eigenvalue weighted by atomic mass is 16.5. The number of hydrogen-bond donors (Lipinski definition) is 2. The first-order valence-corrected chi connectivity index (χ1v) is 14.1. The molecule has 1 fully saturated rings. The molecular weight excluding hydrogens is 500 g/mol. The highest BCUT2D eigenvalue weighted by Crippen LogP contribution is 2.33. The first-order valence-electron chi connectivity index (χ1n) is 14.1. The lowest BCUT2D eigenvalue weighted by Crippen LogP contribution is -2.28. The van der Waals surface area contributed by atoms with E-state index in [-0.39, 0.29) is 6.04 Å². The van der Waals surface area contributed by atoms with Gasteiger partial charge in [-0.25, -0.2) is 19.0 Å². The van der Waals surface area contributed by atoms with E-state index in [1.54, 1.807) is 10.8 Å². The summed E-state index contributed by atoms with van der Waals surface area (Å²) in [6, 6.07) is 12.2. The Balaban J connectivity index is 1.14. The van der Waals surface area contributed by atoms with E-state index in [4.69, 9.17) is 10.5 Å². The summed E-state index contributed by atoms with van der Waals surface area (Å²) < 4.78 is 9.75. The third kappa shape index (κ3) is 5.56. The number of aryl methyl sites for hydroxylation is 2. The van der Waals surface area contributed by atoms with Crippen LogP contribution in [-0.4, -0.2) is 35.2 Å². The van der Waals surface area contributed by atoms with Crippen molar-refractivity contribution in [2.75, 3.05) is 5.32 Å². The Hall–Kier alpha value is -4.24. The van der Waals surface area contributed by atoms with E-state index in [9.17, 15) is 0 Å².